The predicted octanol–water partition coefficient (Wildman–Crippen LogP) is 3.11. The van der Waals surface area contributed by atoms with Gasteiger partial charge in [-0.05, 0) is 22.9 Å². The molecule has 0 saturated carbocycles. The molecule has 0 aliphatic rings. The Bertz CT molecular complexity index is 431. The van der Waals surface area contributed by atoms with Crippen LogP contribution < -0.4 is 0 Å². The Morgan fingerprint density at radius 1 is 1.25 bits per heavy atom. The van der Waals surface area contributed by atoms with E-state index in [-0.39, 0.29) is 6.61 Å². The molecule has 0 saturated heterocycles. The fourth-order valence-corrected chi connectivity index (χ4v) is 3.18. The van der Waals surface area contributed by atoms with Crippen molar-refractivity contribution in [2.75, 3.05) is 0 Å². The minimum atomic E-state index is 0.0284. The van der Waals surface area contributed by atoms with Crippen LogP contribution in [0.1, 0.15) is 11.1 Å². The van der Waals surface area contributed by atoms with Gasteiger partial charge in [-0.15, -0.1) is 0 Å². The van der Waals surface area contributed by atoms with E-state index < -0.39 is 0 Å². The Balaban J connectivity index is 1.85. The highest BCUT2D eigenvalue weighted by Crippen LogP contribution is 2.32. The zero-order valence-electron chi connectivity index (χ0n) is 8.50. The van der Waals surface area contributed by atoms with E-state index in [1.807, 2.05) is 18.2 Å². The van der Waals surface area contributed by atoms with E-state index in [2.05, 4.69) is 4.98 Å². The summed E-state index contributed by atoms with van der Waals surface area (Å²) in [6.45, 7) is 0.0284. The zero-order valence-corrected chi connectivity index (χ0v) is 10.1. The highest BCUT2D eigenvalue weighted by atomic mass is 33.1. The first kappa shape index (κ1) is 11.6. The molecule has 2 aromatic heterocycles. The summed E-state index contributed by atoms with van der Waals surface area (Å²) in [7, 11) is 3.30. The van der Waals surface area contributed by atoms with Crippen molar-refractivity contribution in [1.29, 1.82) is 0 Å². The highest BCUT2D eigenvalue weighted by Gasteiger charge is 2.05. The molecule has 2 rings (SSSR count). The number of pyridine rings is 1. The molecule has 0 radical (unpaired) electrons. The van der Waals surface area contributed by atoms with Crippen LogP contribution in [0.15, 0.2) is 46.4 Å². The van der Waals surface area contributed by atoms with Gasteiger partial charge in [0.25, 0.3) is 0 Å². The average molecular weight is 253 g/mol. The van der Waals surface area contributed by atoms with Crippen molar-refractivity contribution < 1.29 is 9.52 Å². The Labute approximate surface area is 102 Å². The van der Waals surface area contributed by atoms with Crippen molar-refractivity contribution in [3.63, 3.8) is 0 Å². The van der Waals surface area contributed by atoms with Crippen LogP contribution in [0.2, 0.25) is 0 Å². The molecule has 0 aliphatic heterocycles. The maximum Gasteiger partial charge on any atom is 0.106 e. The molecule has 16 heavy (non-hydrogen) atoms. The van der Waals surface area contributed by atoms with Crippen molar-refractivity contribution >= 4 is 21.6 Å². The predicted molar refractivity (Wildman–Crippen MR) is 66.0 cm³/mol. The normalized spacial score (nSPS) is 10.6. The van der Waals surface area contributed by atoms with Crippen LogP contribution >= 0.6 is 21.6 Å². The summed E-state index contributed by atoms with van der Waals surface area (Å²) >= 11 is 0. The van der Waals surface area contributed by atoms with Crippen LogP contribution in [0.25, 0.3) is 0 Å². The van der Waals surface area contributed by atoms with Gasteiger partial charge in [0.15, 0.2) is 0 Å². The summed E-state index contributed by atoms with van der Waals surface area (Å²) in [5, 5.41) is 10.0. The van der Waals surface area contributed by atoms with E-state index in [0.717, 1.165) is 21.9 Å². The van der Waals surface area contributed by atoms with Crippen molar-refractivity contribution in [2.24, 2.45) is 0 Å². The lowest BCUT2D eigenvalue weighted by molar-refractivity contribution is 0.280. The van der Waals surface area contributed by atoms with Gasteiger partial charge in [-0.2, -0.15) is 0 Å². The number of nitrogens with zero attached hydrogens (tertiary/aromatic N) is 1. The molecular weight excluding hydrogens is 242 g/mol. The summed E-state index contributed by atoms with van der Waals surface area (Å²) in [5.41, 5.74) is 1.89. The number of furan rings is 1. The van der Waals surface area contributed by atoms with Gasteiger partial charge in [0.1, 0.15) is 5.03 Å². The second-order valence-corrected chi connectivity index (χ2v) is 5.41. The SMILES string of the molecule is OCc1cocc1CSSc1ccccn1. The molecule has 3 nitrogen and oxygen atoms in total. The molecule has 0 amide bonds. The topological polar surface area (TPSA) is 46.3 Å². The lowest BCUT2D eigenvalue weighted by Crippen LogP contribution is -1.85. The van der Waals surface area contributed by atoms with Crippen LogP contribution in [0.4, 0.5) is 0 Å². The maximum absolute atomic E-state index is 9.04. The standard InChI is InChI=1S/C11H11NO2S2/c13-5-9-6-14-7-10(9)8-15-16-11-3-1-2-4-12-11/h1-4,6-7,13H,5,8H2. The third-order valence-electron chi connectivity index (χ3n) is 2.00. The molecule has 0 atom stereocenters. The van der Waals surface area contributed by atoms with Crippen LogP contribution in [0.5, 0.6) is 0 Å². The first-order valence-electron chi connectivity index (χ1n) is 4.75. The third kappa shape index (κ3) is 3.04. The smallest absolute Gasteiger partial charge is 0.106 e. The van der Waals surface area contributed by atoms with Crippen molar-refractivity contribution in [2.45, 2.75) is 17.4 Å². The zero-order chi connectivity index (χ0) is 11.2. The minimum Gasteiger partial charge on any atom is -0.472 e. The second-order valence-electron chi connectivity index (χ2n) is 3.09. The maximum atomic E-state index is 9.04. The molecule has 2 heterocycles. The Morgan fingerprint density at radius 3 is 2.88 bits per heavy atom. The van der Waals surface area contributed by atoms with Crippen molar-refractivity contribution in [3.05, 3.63) is 48.0 Å². The van der Waals surface area contributed by atoms with Gasteiger partial charge in [0, 0.05) is 23.1 Å². The summed E-state index contributed by atoms with van der Waals surface area (Å²) in [4.78, 5) is 4.21. The van der Waals surface area contributed by atoms with E-state index in [9.17, 15) is 0 Å². The molecule has 0 unspecified atom stereocenters. The lowest BCUT2D eigenvalue weighted by atomic mass is 10.2. The summed E-state index contributed by atoms with van der Waals surface area (Å²) in [6, 6.07) is 5.83. The molecule has 0 spiro atoms. The van der Waals surface area contributed by atoms with Gasteiger partial charge in [-0.25, -0.2) is 4.98 Å². The van der Waals surface area contributed by atoms with Gasteiger partial charge < -0.3 is 9.52 Å². The fourth-order valence-electron chi connectivity index (χ4n) is 1.16. The molecule has 0 aromatic carbocycles. The number of aliphatic hydroxyl groups excluding tert-OH is 1. The number of aliphatic hydroxyl groups is 1. The number of rotatable bonds is 5. The highest BCUT2D eigenvalue weighted by molar-refractivity contribution is 8.76. The van der Waals surface area contributed by atoms with E-state index in [1.54, 1.807) is 40.3 Å². The van der Waals surface area contributed by atoms with Gasteiger partial charge in [0.2, 0.25) is 0 Å². The summed E-state index contributed by atoms with van der Waals surface area (Å²) < 4.78 is 5.04. The monoisotopic (exact) mass is 253 g/mol. The first-order valence-corrected chi connectivity index (χ1v) is 7.07. The summed E-state index contributed by atoms with van der Waals surface area (Å²) in [5.74, 6) is 0.799. The Morgan fingerprint density at radius 2 is 2.12 bits per heavy atom. The van der Waals surface area contributed by atoms with E-state index >= 15 is 0 Å². The molecule has 84 valence electrons. The number of hydrogen-bond donors (Lipinski definition) is 1. The Hall–Kier alpha value is -0.910. The lowest BCUT2D eigenvalue weighted by Gasteiger charge is -1.99. The quantitative estimate of drug-likeness (QED) is 0.830. The molecule has 0 aliphatic carbocycles. The third-order valence-corrected chi connectivity index (χ3v) is 4.18. The van der Waals surface area contributed by atoms with Crippen LogP contribution in [0.3, 0.4) is 0 Å². The van der Waals surface area contributed by atoms with Crippen molar-refractivity contribution in [1.82, 2.24) is 4.98 Å². The van der Waals surface area contributed by atoms with Gasteiger partial charge in [0.05, 0.1) is 19.1 Å². The molecule has 0 fully saturated rings. The van der Waals surface area contributed by atoms with Gasteiger partial charge >= 0.3 is 0 Å². The Kier molecular flexibility index (Phi) is 4.33. The minimum absolute atomic E-state index is 0.0284. The molecule has 5 heteroatoms. The van der Waals surface area contributed by atoms with Crippen LogP contribution in [-0.2, 0) is 12.4 Å². The van der Waals surface area contributed by atoms with E-state index in [1.165, 1.54) is 0 Å². The summed E-state index contributed by atoms with van der Waals surface area (Å²) in [6.07, 6.45) is 5.04. The molecule has 2 aromatic rings. The number of aromatic nitrogens is 1. The average Bonchev–Trinajstić information content (AvgIpc) is 2.78. The second kappa shape index (κ2) is 5.98. The number of hydrogen-bond acceptors (Lipinski definition) is 5. The first-order chi connectivity index (χ1) is 7.90. The fraction of sp³-hybridized carbons (Fsp3) is 0.182. The van der Waals surface area contributed by atoms with Crippen molar-refractivity contribution in [3.8, 4) is 0 Å². The molecular formula is C11H11NO2S2. The van der Waals surface area contributed by atoms with Crippen LogP contribution in [-0.4, -0.2) is 10.1 Å². The van der Waals surface area contributed by atoms with E-state index in [0.29, 0.717) is 0 Å². The largest absolute Gasteiger partial charge is 0.472 e. The van der Waals surface area contributed by atoms with Gasteiger partial charge in [-0.1, -0.05) is 16.9 Å². The molecule has 1 N–H and O–H groups in total. The van der Waals surface area contributed by atoms with Crippen LogP contribution in [0, 0.1) is 0 Å². The van der Waals surface area contributed by atoms with E-state index in [4.69, 9.17) is 9.52 Å². The molecule has 0 bridgehead atoms. The van der Waals surface area contributed by atoms with Gasteiger partial charge in [-0.3, -0.25) is 0 Å².